The Labute approximate surface area is 359 Å². The van der Waals surface area contributed by atoms with Crippen molar-refractivity contribution in [2.24, 2.45) is 0 Å². The summed E-state index contributed by atoms with van der Waals surface area (Å²) < 4.78 is 11.5. The molecule has 0 spiro atoms. The predicted molar refractivity (Wildman–Crippen MR) is 230 cm³/mol. The number of carbonyl (C=O) groups excluding carboxylic acids is 5. The number of piperidine rings is 1. The van der Waals surface area contributed by atoms with E-state index in [4.69, 9.17) is 14.5 Å². The maximum absolute atomic E-state index is 13.5. The van der Waals surface area contributed by atoms with E-state index in [2.05, 4.69) is 30.4 Å². The van der Waals surface area contributed by atoms with E-state index in [9.17, 15) is 24.0 Å². The van der Waals surface area contributed by atoms with Gasteiger partial charge in [0.1, 0.15) is 23.9 Å². The van der Waals surface area contributed by atoms with Crippen LogP contribution >= 0.6 is 0 Å². The number of fused-ring (bicyclic) bond motifs is 3. The second kappa shape index (κ2) is 16.2. The highest BCUT2D eigenvalue weighted by molar-refractivity contribution is 6.06. The van der Waals surface area contributed by atoms with Gasteiger partial charge in [-0.1, -0.05) is 18.2 Å². The molecule has 17 heteroatoms. The molecule has 2 aromatic heterocycles. The van der Waals surface area contributed by atoms with Crippen LogP contribution in [-0.4, -0.2) is 112 Å². The molecule has 322 valence electrons. The topological polar surface area (TPSA) is 183 Å². The van der Waals surface area contributed by atoms with Crippen LogP contribution < -0.4 is 30.1 Å². The van der Waals surface area contributed by atoms with Crippen LogP contribution in [0.4, 0.5) is 33.5 Å². The number of amides is 5. The fraction of sp³-hybridized carbons (Fsp3) is 0.422. The molecule has 2 aromatic carbocycles. The molecule has 62 heavy (non-hydrogen) atoms. The molecule has 0 bridgehead atoms. The first-order valence-electron chi connectivity index (χ1n) is 21.2. The molecule has 1 unspecified atom stereocenters. The molecule has 5 aliphatic heterocycles. The third-order valence-corrected chi connectivity index (χ3v) is 12.1. The second-order valence-corrected chi connectivity index (χ2v) is 17.3. The van der Waals surface area contributed by atoms with E-state index in [1.54, 1.807) is 22.1 Å². The summed E-state index contributed by atoms with van der Waals surface area (Å²) in [5, 5.41) is 5.68. The first-order valence-corrected chi connectivity index (χ1v) is 21.2. The Balaban J connectivity index is 0.796. The summed E-state index contributed by atoms with van der Waals surface area (Å²) in [7, 11) is 0. The Morgan fingerprint density at radius 1 is 0.903 bits per heavy atom. The molecule has 2 fully saturated rings. The molecule has 17 nitrogen and oxygen atoms in total. The molecule has 1 atom stereocenters. The van der Waals surface area contributed by atoms with Crippen LogP contribution in [0.3, 0.4) is 0 Å². The van der Waals surface area contributed by atoms with E-state index < -0.39 is 23.6 Å². The molecule has 5 aliphatic rings. The van der Waals surface area contributed by atoms with Gasteiger partial charge in [-0.15, -0.1) is 0 Å². The largest absolute Gasteiger partial charge is 0.474 e. The number of hydrogen-bond acceptors (Lipinski definition) is 13. The number of benzene rings is 2. The molecule has 0 radical (unpaired) electrons. The summed E-state index contributed by atoms with van der Waals surface area (Å²) in [6.45, 7) is 12.1. The van der Waals surface area contributed by atoms with Crippen molar-refractivity contribution in [1.82, 2.24) is 30.1 Å². The quantitative estimate of drug-likeness (QED) is 0.252. The Morgan fingerprint density at radius 2 is 1.69 bits per heavy atom. The number of hydrogen-bond donors (Lipinski definition) is 2. The van der Waals surface area contributed by atoms with Gasteiger partial charge in [-0.2, -0.15) is 0 Å². The van der Waals surface area contributed by atoms with Gasteiger partial charge in [-0.25, -0.2) is 19.7 Å². The van der Waals surface area contributed by atoms with Crippen LogP contribution in [0.1, 0.15) is 71.9 Å². The number of imide groups is 1. The third kappa shape index (κ3) is 8.06. The summed E-state index contributed by atoms with van der Waals surface area (Å²) in [4.78, 5) is 87.8. The van der Waals surface area contributed by atoms with E-state index in [1.807, 2.05) is 75.2 Å². The van der Waals surface area contributed by atoms with Gasteiger partial charge in [0.05, 0.1) is 37.1 Å². The first-order chi connectivity index (χ1) is 29.8. The van der Waals surface area contributed by atoms with Crippen LogP contribution in [0.2, 0.25) is 0 Å². The highest BCUT2D eigenvalue weighted by atomic mass is 16.6. The van der Waals surface area contributed by atoms with Crippen molar-refractivity contribution in [3.8, 4) is 5.88 Å². The minimum atomic E-state index is -0.669. The van der Waals surface area contributed by atoms with Crippen LogP contribution in [0.5, 0.6) is 5.88 Å². The molecular weight excluding hydrogens is 793 g/mol. The van der Waals surface area contributed by atoms with Gasteiger partial charge in [0.25, 0.3) is 5.91 Å². The Bertz CT molecular complexity index is 2460. The van der Waals surface area contributed by atoms with Gasteiger partial charge in [0, 0.05) is 80.0 Å². The number of nitrogens with zero attached hydrogens (tertiary/aromatic N) is 8. The van der Waals surface area contributed by atoms with Crippen molar-refractivity contribution >= 4 is 58.4 Å². The SMILES string of the molecule is Cc1c(N2CCc3cnc(Nc4ccc(CC(=O)N5CCN(c6cccc7c6CN(C6CCC(=O)NC6=O)C7=O)CC5)cc4)nc3C2)cnc2c1N(C(=O)OC(C)(C)C)CCO2. The van der Waals surface area contributed by atoms with Crippen molar-refractivity contribution in [2.45, 2.75) is 78.1 Å². The monoisotopic (exact) mass is 842 g/mol. The number of pyridine rings is 1. The lowest BCUT2D eigenvalue weighted by atomic mass is 10.0. The molecule has 0 saturated carbocycles. The van der Waals surface area contributed by atoms with Gasteiger partial charge in [0.15, 0.2) is 0 Å². The molecule has 4 aromatic rings. The van der Waals surface area contributed by atoms with E-state index >= 15 is 0 Å². The molecule has 9 rings (SSSR count). The van der Waals surface area contributed by atoms with Crippen LogP contribution in [0, 0.1) is 6.92 Å². The summed E-state index contributed by atoms with van der Waals surface area (Å²) in [5.74, 6) is -0.0151. The lowest BCUT2D eigenvalue weighted by Crippen LogP contribution is -2.52. The van der Waals surface area contributed by atoms with Gasteiger partial charge in [0.2, 0.25) is 29.5 Å². The first kappa shape index (κ1) is 40.6. The van der Waals surface area contributed by atoms with E-state index in [0.717, 1.165) is 58.0 Å². The number of carbonyl (C=O) groups is 5. The number of aromatic nitrogens is 3. The van der Waals surface area contributed by atoms with Crippen molar-refractivity contribution in [3.63, 3.8) is 0 Å². The smallest absolute Gasteiger partial charge is 0.415 e. The number of ether oxygens (including phenoxy) is 2. The summed E-state index contributed by atoms with van der Waals surface area (Å²) >= 11 is 0. The zero-order valence-corrected chi connectivity index (χ0v) is 35.4. The van der Waals surface area contributed by atoms with Gasteiger partial charge < -0.3 is 34.4 Å². The number of piperazine rings is 1. The van der Waals surface area contributed by atoms with Gasteiger partial charge in [-0.3, -0.25) is 29.4 Å². The Kier molecular flexibility index (Phi) is 10.6. The highest BCUT2D eigenvalue weighted by Gasteiger charge is 2.41. The number of nitrogens with one attached hydrogen (secondary N) is 2. The summed E-state index contributed by atoms with van der Waals surface area (Å²) in [6.07, 6.45) is 4.77. The Morgan fingerprint density at radius 3 is 2.45 bits per heavy atom. The maximum Gasteiger partial charge on any atom is 0.415 e. The third-order valence-electron chi connectivity index (χ3n) is 12.1. The lowest BCUT2D eigenvalue weighted by molar-refractivity contribution is -0.137. The molecule has 5 amide bonds. The zero-order chi connectivity index (χ0) is 43.3. The van der Waals surface area contributed by atoms with Gasteiger partial charge >= 0.3 is 6.09 Å². The highest BCUT2D eigenvalue weighted by Crippen LogP contribution is 2.40. The van der Waals surface area contributed by atoms with E-state index in [-0.39, 0.29) is 30.6 Å². The van der Waals surface area contributed by atoms with Crippen LogP contribution in [-0.2, 0) is 45.1 Å². The molecule has 2 saturated heterocycles. The lowest BCUT2D eigenvalue weighted by Gasteiger charge is -2.37. The van der Waals surface area contributed by atoms with Crippen LogP contribution in [0.25, 0.3) is 0 Å². The fourth-order valence-corrected chi connectivity index (χ4v) is 8.90. The number of anilines is 5. The second-order valence-electron chi connectivity index (χ2n) is 17.3. The average Bonchev–Trinajstić information content (AvgIpc) is 3.59. The van der Waals surface area contributed by atoms with E-state index in [1.165, 1.54) is 0 Å². The summed E-state index contributed by atoms with van der Waals surface area (Å²) in [5.41, 5.74) is 7.81. The average molecular weight is 843 g/mol. The van der Waals surface area contributed by atoms with Crippen molar-refractivity contribution < 1.29 is 33.4 Å². The van der Waals surface area contributed by atoms with Gasteiger partial charge in [-0.05, 0) is 75.9 Å². The van der Waals surface area contributed by atoms with Crippen molar-refractivity contribution in [3.05, 3.63) is 88.4 Å². The molecule has 2 N–H and O–H groups in total. The standard InChI is InChI=1S/C45H50N10O7/c1-27-36(24-46-41-39(27)54(20-21-61-41)44(60)62-45(2,3)4)53-15-14-29-23-47-43(49-33(29)26-53)48-30-10-8-28(9-11-30)22-38(57)52-18-16-51(17-19-52)34-7-5-6-31-32(34)25-55(42(31)59)35-12-13-37(56)50-40(35)58/h5-11,23-24,35H,12-22,25-26H2,1-4H3,(H,47,48,49)(H,50,56,58). The fourth-order valence-electron chi connectivity index (χ4n) is 8.90. The summed E-state index contributed by atoms with van der Waals surface area (Å²) in [6, 6.07) is 12.7. The minimum Gasteiger partial charge on any atom is -0.474 e. The van der Waals surface area contributed by atoms with Crippen molar-refractivity contribution in [2.75, 3.05) is 65.9 Å². The van der Waals surface area contributed by atoms with E-state index in [0.29, 0.717) is 81.9 Å². The molecule has 0 aliphatic carbocycles. The normalized spacial score (nSPS) is 18.7. The molecular formula is C45H50N10O7. The molecule has 7 heterocycles. The predicted octanol–water partition coefficient (Wildman–Crippen LogP) is 4.27. The van der Waals surface area contributed by atoms with Crippen molar-refractivity contribution in [1.29, 1.82) is 0 Å². The number of rotatable bonds is 7. The minimum absolute atomic E-state index is 0.0415. The zero-order valence-electron chi connectivity index (χ0n) is 35.4. The maximum atomic E-state index is 13.5. The Hall–Kier alpha value is -6.78. The van der Waals surface area contributed by atoms with Crippen LogP contribution in [0.15, 0.2) is 54.9 Å².